The maximum absolute atomic E-state index is 13.9. The quantitative estimate of drug-likeness (QED) is 0.377. The number of carbonyl (C=O) groups excluding carboxylic acids is 2. The predicted octanol–water partition coefficient (Wildman–Crippen LogP) is 4.60. The highest BCUT2D eigenvalue weighted by atomic mass is 32.2. The highest BCUT2D eigenvalue weighted by molar-refractivity contribution is 7.92. The molecule has 3 rings (SSSR count). The Bertz CT molecular complexity index is 1250. The van der Waals surface area contributed by atoms with Gasteiger partial charge in [-0.3, -0.25) is 13.9 Å². The van der Waals surface area contributed by atoms with E-state index in [9.17, 15) is 18.0 Å². The van der Waals surface area contributed by atoms with Crippen LogP contribution in [0.25, 0.3) is 0 Å². The van der Waals surface area contributed by atoms with Gasteiger partial charge in [-0.25, -0.2) is 8.42 Å². The van der Waals surface area contributed by atoms with Crippen molar-refractivity contribution < 1.29 is 18.0 Å². The fourth-order valence-corrected chi connectivity index (χ4v) is 5.42. The first-order valence-corrected chi connectivity index (χ1v) is 14.0. The third-order valence-corrected chi connectivity index (χ3v) is 8.03. The van der Waals surface area contributed by atoms with Crippen LogP contribution < -0.4 is 9.62 Å². The minimum Gasteiger partial charge on any atom is -0.352 e. The smallest absolute Gasteiger partial charge is 0.264 e. The van der Waals surface area contributed by atoms with Crippen LogP contribution in [0.4, 0.5) is 5.69 Å². The summed E-state index contributed by atoms with van der Waals surface area (Å²) in [5.41, 5.74) is 1.22. The maximum Gasteiger partial charge on any atom is 0.264 e. The number of hydrogen-bond donors (Lipinski definition) is 1. The maximum atomic E-state index is 13.9. The first-order valence-electron chi connectivity index (χ1n) is 12.5. The van der Waals surface area contributed by atoms with Gasteiger partial charge >= 0.3 is 0 Å². The monoisotopic (exact) mass is 521 g/mol. The summed E-state index contributed by atoms with van der Waals surface area (Å²) in [5, 5.41) is 2.98. The number of benzene rings is 3. The molecule has 3 aromatic rings. The fourth-order valence-electron chi connectivity index (χ4n) is 3.98. The van der Waals surface area contributed by atoms with Gasteiger partial charge in [0, 0.05) is 12.6 Å². The molecule has 3 aromatic carbocycles. The van der Waals surface area contributed by atoms with Gasteiger partial charge in [-0.05, 0) is 49.6 Å². The lowest BCUT2D eigenvalue weighted by molar-refractivity contribution is -0.140. The van der Waals surface area contributed by atoms with Crippen LogP contribution in [0, 0.1) is 0 Å². The Morgan fingerprint density at radius 1 is 0.811 bits per heavy atom. The summed E-state index contributed by atoms with van der Waals surface area (Å²) in [7, 11) is -4.05. The topological polar surface area (TPSA) is 86.8 Å². The van der Waals surface area contributed by atoms with Gasteiger partial charge in [0.15, 0.2) is 0 Å². The number of nitrogens with one attached hydrogen (secondary N) is 1. The molecule has 0 unspecified atom stereocenters. The molecule has 37 heavy (non-hydrogen) atoms. The molecule has 0 aliphatic rings. The van der Waals surface area contributed by atoms with E-state index in [1.807, 2.05) is 51.1 Å². The third-order valence-electron chi connectivity index (χ3n) is 6.24. The molecular weight excluding hydrogens is 486 g/mol. The highest BCUT2D eigenvalue weighted by Gasteiger charge is 2.33. The first kappa shape index (κ1) is 27.9. The number of para-hydroxylation sites is 1. The summed E-state index contributed by atoms with van der Waals surface area (Å²) < 4.78 is 28.5. The van der Waals surface area contributed by atoms with Gasteiger partial charge in [-0.2, -0.15) is 0 Å². The highest BCUT2D eigenvalue weighted by Crippen LogP contribution is 2.24. The minimum atomic E-state index is -4.05. The summed E-state index contributed by atoms with van der Waals surface area (Å²) >= 11 is 0. The molecule has 0 aliphatic carbocycles. The second kappa shape index (κ2) is 13.1. The van der Waals surface area contributed by atoms with Crippen molar-refractivity contribution in [2.75, 3.05) is 10.8 Å². The summed E-state index contributed by atoms with van der Waals surface area (Å²) in [4.78, 5) is 28.7. The van der Waals surface area contributed by atoms with Crippen LogP contribution in [0.1, 0.15) is 39.2 Å². The van der Waals surface area contributed by atoms with E-state index < -0.39 is 28.5 Å². The minimum absolute atomic E-state index is 0.0468. The second-order valence-corrected chi connectivity index (χ2v) is 10.8. The molecule has 196 valence electrons. The lowest BCUT2D eigenvalue weighted by atomic mass is 10.1. The zero-order chi connectivity index (χ0) is 26.8. The number of hydrogen-bond acceptors (Lipinski definition) is 4. The molecule has 7 nitrogen and oxygen atoms in total. The molecule has 1 N–H and O–H groups in total. The van der Waals surface area contributed by atoms with E-state index in [1.165, 1.54) is 17.0 Å². The molecule has 0 radical (unpaired) electrons. The Hall–Kier alpha value is -3.65. The zero-order valence-electron chi connectivity index (χ0n) is 21.6. The predicted molar refractivity (Wildman–Crippen MR) is 146 cm³/mol. The molecule has 0 spiro atoms. The zero-order valence-corrected chi connectivity index (χ0v) is 22.4. The lowest BCUT2D eigenvalue weighted by Crippen LogP contribution is -2.53. The molecule has 0 aliphatic heterocycles. The Kier molecular flexibility index (Phi) is 9.85. The SMILES string of the molecule is CC[C@@H](C)NC(=O)[C@@H](CC)N(Cc1ccccc1)C(=O)CN(c1ccccc1)S(=O)(=O)c1ccccc1. The van der Waals surface area contributed by atoms with E-state index >= 15 is 0 Å². The summed E-state index contributed by atoms with van der Waals surface area (Å²) in [6.45, 7) is 5.48. The number of sulfonamides is 1. The normalized spacial score (nSPS) is 12.8. The molecule has 0 heterocycles. The van der Waals surface area contributed by atoms with Gasteiger partial charge in [-0.15, -0.1) is 0 Å². The van der Waals surface area contributed by atoms with Crippen molar-refractivity contribution in [1.29, 1.82) is 0 Å². The van der Waals surface area contributed by atoms with Gasteiger partial charge < -0.3 is 10.2 Å². The van der Waals surface area contributed by atoms with Crippen LogP contribution in [0.3, 0.4) is 0 Å². The van der Waals surface area contributed by atoms with Gasteiger partial charge in [0.1, 0.15) is 12.6 Å². The molecule has 0 bridgehead atoms. The summed E-state index contributed by atoms with van der Waals surface area (Å²) in [6, 6.07) is 25.2. The average Bonchev–Trinajstić information content (AvgIpc) is 2.92. The molecule has 0 saturated heterocycles. The molecule has 0 saturated carbocycles. The first-order chi connectivity index (χ1) is 17.8. The van der Waals surface area contributed by atoms with Crippen LogP contribution in [-0.4, -0.2) is 43.8 Å². The van der Waals surface area contributed by atoms with Crippen molar-refractivity contribution >= 4 is 27.5 Å². The van der Waals surface area contributed by atoms with Gasteiger partial charge in [0.25, 0.3) is 10.0 Å². The molecule has 0 aromatic heterocycles. The van der Waals surface area contributed by atoms with Crippen molar-refractivity contribution in [2.24, 2.45) is 0 Å². The van der Waals surface area contributed by atoms with Crippen LogP contribution in [-0.2, 0) is 26.2 Å². The van der Waals surface area contributed by atoms with E-state index in [1.54, 1.807) is 48.5 Å². The fraction of sp³-hybridized carbons (Fsp3) is 0.310. The van der Waals surface area contributed by atoms with Crippen molar-refractivity contribution in [3.05, 3.63) is 96.6 Å². The second-order valence-electron chi connectivity index (χ2n) is 8.91. The summed E-state index contributed by atoms with van der Waals surface area (Å²) in [5.74, 6) is -0.711. The number of amides is 2. The number of carbonyl (C=O) groups is 2. The molecule has 2 amide bonds. The van der Waals surface area contributed by atoms with Crippen molar-refractivity contribution in [3.63, 3.8) is 0 Å². The van der Waals surface area contributed by atoms with Crippen LogP contribution in [0.5, 0.6) is 0 Å². The molecule has 8 heteroatoms. The van der Waals surface area contributed by atoms with Crippen LogP contribution >= 0.6 is 0 Å². The van der Waals surface area contributed by atoms with Gasteiger partial charge in [0.2, 0.25) is 11.8 Å². The largest absolute Gasteiger partial charge is 0.352 e. The van der Waals surface area contributed by atoms with Crippen molar-refractivity contribution in [1.82, 2.24) is 10.2 Å². The lowest BCUT2D eigenvalue weighted by Gasteiger charge is -2.33. The van der Waals surface area contributed by atoms with Crippen LogP contribution in [0.15, 0.2) is 95.9 Å². The van der Waals surface area contributed by atoms with Gasteiger partial charge in [-0.1, -0.05) is 80.6 Å². The van der Waals surface area contributed by atoms with E-state index in [-0.39, 0.29) is 23.4 Å². The Balaban J connectivity index is 2.00. The number of rotatable bonds is 12. The third kappa shape index (κ3) is 7.20. The molecule has 0 fully saturated rings. The Morgan fingerprint density at radius 3 is 1.89 bits per heavy atom. The van der Waals surface area contributed by atoms with E-state index in [0.29, 0.717) is 12.1 Å². The van der Waals surface area contributed by atoms with E-state index in [0.717, 1.165) is 16.3 Å². The molecular formula is C29H35N3O4S. The Morgan fingerprint density at radius 2 is 1.35 bits per heavy atom. The molecule has 2 atom stereocenters. The van der Waals surface area contributed by atoms with Crippen LogP contribution in [0.2, 0.25) is 0 Å². The van der Waals surface area contributed by atoms with E-state index in [4.69, 9.17) is 0 Å². The van der Waals surface area contributed by atoms with Crippen molar-refractivity contribution in [3.8, 4) is 0 Å². The summed E-state index contributed by atoms with van der Waals surface area (Å²) in [6.07, 6.45) is 1.14. The average molecular weight is 522 g/mol. The van der Waals surface area contributed by atoms with Gasteiger partial charge in [0.05, 0.1) is 10.6 Å². The van der Waals surface area contributed by atoms with Crippen molar-refractivity contribution in [2.45, 2.75) is 57.1 Å². The number of anilines is 1. The Labute approximate surface area is 220 Å². The van der Waals surface area contributed by atoms with E-state index in [2.05, 4.69) is 5.32 Å². The standard InChI is InChI=1S/C29H35N3O4S/c1-4-23(3)30-29(34)27(5-2)31(21-24-15-9-6-10-16-24)28(33)22-32(25-17-11-7-12-18-25)37(35,36)26-19-13-8-14-20-26/h6-20,23,27H,4-5,21-22H2,1-3H3,(H,30,34)/t23-,27-/m1/s1. The number of nitrogens with zero attached hydrogens (tertiary/aromatic N) is 2.